The molecule has 5 nitrogen and oxygen atoms in total. The van der Waals surface area contributed by atoms with Crippen molar-refractivity contribution in [3.63, 3.8) is 0 Å². The van der Waals surface area contributed by atoms with Gasteiger partial charge in [0.2, 0.25) is 11.7 Å². The Labute approximate surface area is 123 Å². The minimum absolute atomic E-state index is 0.0218. The smallest absolute Gasteiger partial charge is 0.234 e. The molecule has 20 heavy (non-hydrogen) atoms. The number of aromatic nitrogens is 2. The Hall–Kier alpha value is -1.31. The molecule has 106 valence electrons. The minimum atomic E-state index is -0.341. The van der Waals surface area contributed by atoms with E-state index in [2.05, 4.69) is 31.4 Å². The topological polar surface area (TPSA) is 60.2 Å². The van der Waals surface area contributed by atoms with Gasteiger partial charge in [-0.2, -0.15) is 4.98 Å². The zero-order valence-corrected chi connectivity index (χ0v) is 12.4. The molecule has 2 heterocycles. The molecule has 1 aromatic carbocycles. The number of ether oxygens (including phenoxy) is 1. The van der Waals surface area contributed by atoms with Gasteiger partial charge in [0.25, 0.3) is 0 Å². The summed E-state index contributed by atoms with van der Waals surface area (Å²) in [6.07, 6.45) is 0. The van der Waals surface area contributed by atoms with E-state index in [1.807, 2.05) is 7.05 Å². The van der Waals surface area contributed by atoms with Gasteiger partial charge in [0, 0.05) is 16.1 Å². The first-order chi connectivity index (χ1) is 9.69. The molecule has 1 aliphatic heterocycles. The highest BCUT2D eigenvalue weighted by molar-refractivity contribution is 9.10. The van der Waals surface area contributed by atoms with Gasteiger partial charge in [-0.25, -0.2) is 4.39 Å². The van der Waals surface area contributed by atoms with Gasteiger partial charge in [0.1, 0.15) is 5.82 Å². The Morgan fingerprint density at radius 3 is 3.05 bits per heavy atom. The SMILES string of the molecule is CNC1COCC1c1nc(-c2cc(F)ccc2Br)no1. The summed E-state index contributed by atoms with van der Waals surface area (Å²) >= 11 is 3.36. The van der Waals surface area contributed by atoms with Crippen LogP contribution in [0.3, 0.4) is 0 Å². The monoisotopic (exact) mass is 341 g/mol. The standard InChI is InChI=1S/C13H13BrFN3O2/c1-16-11-6-19-5-9(11)13-17-12(18-20-13)8-4-7(15)2-3-10(8)14/h2-4,9,11,16H,5-6H2,1H3. The van der Waals surface area contributed by atoms with E-state index >= 15 is 0 Å². The van der Waals surface area contributed by atoms with Gasteiger partial charge in [-0.3, -0.25) is 0 Å². The third-order valence-electron chi connectivity index (χ3n) is 3.38. The van der Waals surface area contributed by atoms with E-state index in [9.17, 15) is 4.39 Å². The molecule has 0 bridgehead atoms. The minimum Gasteiger partial charge on any atom is -0.379 e. The lowest BCUT2D eigenvalue weighted by Gasteiger charge is -2.11. The number of benzene rings is 1. The molecule has 1 fully saturated rings. The summed E-state index contributed by atoms with van der Waals surface area (Å²) < 4.78 is 24.8. The summed E-state index contributed by atoms with van der Waals surface area (Å²) in [5.74, 6) is 0.557. The molecule has 1 N–H and O–H groups in total. The quantitative estimate of drug-likeness (QED) is 0.928. The molecule has 0 saturated carbocycles. The second-order valence-electron chi connectivity index (χ2n) is 4.62. The first kappa shape index (κ1) is 13.7. The second kappa shape index (κ2) is 5.59. The second-order valence-corrected chi connectivity index (χ2v) is 5.47. The highest BCUT2D eigenvalue weighted by Gasteiger charge is 2.33. The lowest BCUT2D eigenvalue weighted by Crippen LogP contribution is -2.31. The van der Waals surface area contributed by atoms with E-state index < -0.39 is 0 Å². The molecule has 2 unspecified atom stereocenters. The Morgan fingerprint density at radius 2 is 2.25 bits per heavy atom. The number of hydrogen-bond acceptors (Lipinski definition) is 5. The van der Waals surface area contributed by atoms with Crippen LogP contribution in [0, 0.1) is 5.82 Å². The van der Waals surface area contributed by atoms with Gasteiger partial charge >= 0.3 is 0 Å². The van der Waals surface area contributed by atoms with Crippen molar-refractivity contribution >= 4 is 15.9 Å². The van der Waals surface area contributed by atoms with E-state index in [1.54, 1.807) is 6.07 Å². The third kappa shape index (κ3) is 2.48. The third-order valence-corrected chi connectivity index (χ3v) is 4.07. The lowest BCUT2D eigenvalue weighted by molar-refractivity contribution is 0.185. The van der Waals surface area contributed by atoms with E-state index in [4.69, 9.17) is 9.26 Å². The first-order valence-corrected chi connectivity index (χ1v) is 7.02. The van der Waals surface area contributed by atoms with Crippen molar-refractivity contribution in [3.8, 4) is 11.4 Å². The predicted molar refractivity (Wildman–Crippen MR) is 73.8 cm³/mol. The van der Waals surface area contributed by atoms with Crippen molar-refractivity contribution in [2.45, 2.75) is 12.0 Å². The summed E-state index contributed by atoms with van der Waals surface area (Å²) in [5.41, 5.74) is 0.569. The van der Waals surface area contributed by atoms with E-state index in [0.717, 1.165) is 4.47 Å². The fraction of sp³-hybridized carbons (Fsp3) is 0.385. The predicted octanol–water partition coefficient (Wildman–Crippen LogP) is 2.34. The highest BCUT2D eigenvalue weighted by atomic mass is 79.9. The van der Waals surface area contributed by atoms with Crippen LogP contribution in [0.15, 0.2) is 27.2 Å². The Kier molecular flexibility index (Phi) is 3.82. The fourth-order valence-corrected chi connectivity index (χ4v) is 2.67. The van der Waals surface area contributed by atoms with Crippen molar-refractivity contribution in [3.05, 3.63) is 34.4 Å². The van der Waals surface area contributed by atoms with Crippen LogP contribution in [-0.2, 0) is 4.74 Å². The van der Waals surface area contributed by atoms with Gasteiger partial charge in [0.05, 0.1) is 19.1 Å². The summed E-state index contributed by atoms with van der Waals surface area (Å²) in [5, 5.41) is 7.10. The zero-order chi connectivity index (χ0) is 14.1. The number of hydrogen-bond donors (Lipinski definition) is 1. The molecular weight excluding hydrogens is 329 g/mol. The van der Waals surface area contributed by atoms with Gasteiger partial charge in [-0.05, 0) is 25.2 Å². The number of halogens is 2. The lowest BCUT2D eigenvalue weighted by atomic mass is 10.0. The van der Waals surface area contributed by atoms with Crippen LogP contribution in [0.2, 0.25) is 0 Å². The maximum absolute atomic E-state index is 13.3. The number of rotatable bonds is 3. The van der Waals surface area contributed by atoms with Crippen molar-refractivity contribution < 1.29 is 13.7 Å². The van der Waals surface area contributed by atoms with E-state index in [-0.39, 0.29) is 17.8 Å². The Bertz CT molecular complexity index is 619. The molecule has 2 atom stereocenters. The molecule has 0 aliphatic carbocycles. The number of likely N-dealkylation sites (N-methyl/N-ethyl adjacent to an activating group) is 1. The van der Waals surface area contributed by atoms with Crippen molar-refractivity contribution in [2.24, 2.45) is 0 Å². The first-order valence-electron chi connectivity index (χ1n) is 6.23. The van der Waals surface area contributed by atoms with Crippen molar-refractivity contribution in [1.82, 2.24) is 15.5 Å². The summed E-state index contributed by atoms with van der Waals surface area (Å²) in [6, 6.07) is 4.52. The van der Waals surface area contributed by atoms with Crippen LogP contribution in [-0.4, -0.2) is 36.4 Å². The molecule has 1 aromatic heterocycles. The molecule has 7 heteroatoms. The average Bonchev–Trinajstić information content (AvgIpc) is 3.08. The zero-order valence-electron chi connectivity index (χ0n) is 10.8. The summed E-state index contributed by atoms with van der Waals surface area (Å²) in [4.78, 5) is 4.37. The highest BCUT2D eigenvalue weighted by Crippen LogP contribution is 2.30. The van der Waals surface area contributed by atoms with Crippen molar-refractivity contribution in [1.29, 1.82) is 0 Å². The van der Waals surface area contributed by atoms with Crippen LogP contribution in [0.1, 0.15) is 11.8 Å². The van der Waals surface area contributed by atoms with Crippen LogP contribution in [0.25, 0.3) is 11.4 Å². The largest absolute Gasteiger partial charge is 0.379 e. The molecule has 3 rings (SSSR count). The molecule has 2 aromatic rings. The molecule has 1 aliphatic rings. The molecular formula is C13H13BrFN3O2. The Balaban J connectivity index is 1.92. The normalized spacial score (nSPS) is 22.4. The maximum atomic E-state index is 13.3. The molecule has 0 spiro atoms. The van der Waals surface area contributed by atoms with Gasteiger partial charge < -0.3 is 14.6 Å². The maximum Gasteiger partial charge on any atom is 0.234 e. The fourth-order valence-electron chi connectivity index (χ4n) is 2.25. The number of nitrogens with one attached hydrogen (secondary N) is 1. The molecule has 1 saturated heterocycles. The van der Waals surface area contributed by atoms with E-state index in [0.29, 0.717) is 30.5 Å². The van der Waals surface area contributed by atoms with Crippen LogP contribution in [0.5, 0.6) is 0 Å². The summed E-state index contributed by atoms with van der Waals surface area (Å²) in [7, 11) is 1.87. The van der Waals surface area contributed by atoms with Gasteiger partial charge in [0.15, 0.2) is 0 Å². The van der Waals surface area contributed by atoms with Crippen LogP contribution in [0.4, 0.5) is 4.39 Å². The van der Waals surface area contributed by atoms with Crippen molar-refractivity contribution in [2.75, 3.05) is 20.3 Å². The molecule has 0 amide bonds. The van der Waals surface area contributed by atoms with Crippen LogP contribution >= 0.6 is 15.9 Å². The number of nitrogens with zero attached hydrogens (tertiary/aromatic N) is 2. The molecule has 0 radical (unpaired) electrons. The van der Waals surface area contributed by atoms with Crippen LogP contribution < -0.4 is 5.32 Å². The Morgan fingerprint density at radius 1 is 1.40 bits per heavy atom. The van der Waals surface area contributed by atoms with E-state index in [1.165, 1.54) is 12.1 Å². The van der Waals surface area contributed by atoms with Gasteiger partial charge in [-0.1, -0.05) is 21.1 Å². The van der Waals surface area contributed by atoms with Gasteiger partial charge in [-0.15, -0.1) is 0 Å². The summed E-state index contributed by atoms with van der Waals surface area (Å²) in [6.45, 7) is 1.15. The average molecular weight is 342 g/mol.